The Morgan fingerprint density at radius 1 is 1.20 bits per heavy atom. The van der Waals surface area contributed by atoms with E-state index in [1.165, 1.54) is 10.4 Å². The second kappa shape index (κ2) is 6.56. The Balaban J connectivity index is 0.00000112. The number of pyridine rings is 1. The third-order valence-corrected chi connectivity index (χ3v) is 2.81. The molecule has 15 heavy (non-hydrogen) atoms. The standard InChI is InChI=1S/C11H12N2S.ClH/c1-3-10(7-12-5-1)8-13-9-11-4-2-6-14-11;/h1-7,13H,8-9H2;1H. The molecule has 1 N–H and O–H groups in total. The normalized spacial score (nSPS) is 9.60. The van der Waals surface area contributed by atoms with Crippen molar-refractivity contribution in [3.8, 4) is 0 Å². The van der Waals surface area contributed by atoms with Gasteiger partial charge in [-0.05, 0) is 23.1 Å². The van der Waals surface area contributed by atoms with Crippen LogP contribution in [0.2, 0.25) is 0 Å². The molecule has 2 heterocycles. The first kappa shape index (κ1) is 12.2. The van der Waals surface area contributed by atoms with Crippen molar-refractivity contribution in [2.24, 2.45) is 0 Å². The highest BCUT2D eigenvalue weighted by molar-refractivity contribution is 7.09. The van der Waals surface area contributed by atoms with Gasteiger partial charge in [0, 0.05) is 30.4 Å². The Labute approximate surface area is 99.8 Å². The summed E-state index contributed by atoms with van der Waals surface area (Å²) in [5, 5.41) is 5.47. The van der Waals surface area contributed by atoms with Crippen LogP contribution in [0.25, 0.3) is 0 Å². The first-order valence-corrected chi connectivity index (χ1v) is 5.45. The molecule has 0 atom stereocenters. The van der Waals surface area contributed by atoms with Crippen LogP contribution in [-0.4, -0.2) is 4.98 Å². The van der Waals surface area contributed by atoms with Crippen molar-refractivity contribution in [2.75, 3.05) is 0 Å². The lowest BCUT2D eigenvalue weighted by molar-refractivity contribution is 0.699. The highest BCUT2D eigenvalue weighted by Gasteiger charge is 1.93. The van der Waals surface area contributed by atoms with E-state index in [1.54, 1.807) is 17.5 Å². The minimum atomic E-state index is 0. The van der Waals surface area contributed by atoms with Gasteiger partial charge in [0.2, 0.25) is 0 Å². The summed E-state index contributed by atoms with van der Waals surface area (Å²) in [6.45, 7) is 1.82. The summed E-state index contributed by atoms with van der Waals surface area (Å²) in [4.78, 5) is 5.43. The summed E-state index contributed by atoms with van der Waals surface area (Å²) in [5.74, 6) is 0. The van der Waals surface area contributed by atoms with Gasteiger partial charge in [0.15, 0.2) is 0 Å². The van der Waals surface area contributed by atoms with E-state index in [-0.39, 0.29) is 12.4 Å². The molecular weight excluding hydrogens is 228 g/mol. The molecule has 0 aliphatic carbocycles. The minimum Gasteiger partial charge on any atom is -0.308 e. The van der Waals surface area contributed by atoms with Gasteiger partial charge in [-0.3, -0.25) is 4.98 Å². The molecule has 0 spiro atoms. The molecule has 0 amide bonds. The fourth-order valence-electron chi connectivity index (χ4n) is 1.25. The van der Waals surface area contributed by atoms with Gasteiger partial charge in [-0.2, -0.15) is 0 Å². The van der Waals surface area contributed by atoms with Crippen LogP contribution in [0, 0.1) is 0 Å². The molecule has 0 fully saturated rings. The highest BCUT2D eigenvalue weighted by Crippen LogP contribution is 2.07. The molecule has 0 saturated carbocycles. The molecule has 2 nitrogen and oxygen atoms in total. The maximum atomic E-state index is 4.06. The summed E-state index contributed by atoms with van der Waals surface area (Å²) < 4.78 is 0. The number of rotatable bonds is 4. The Bertz CT molecular complexity index is 361. The van der Waals surface area contributed by atoms with Gasteiger partial charge in [-0.15, -0.1) is 23.7 Å². The van der Waals surface area contributed by atoms with Crippen LogP contribution in [-0.2, 0) is 13.1 Å². The number of nitrogens with zero attached hydrogens (tertiary/aromatic N) is 1. The Hall–Kier alpha value is -0.900. The maximum absolute atomic E-state index is 4.06. The Kier molecular flexibility index (Phi) is 5.32. The number of aromatic nitrogens is 1. The van der Waals surface area contributed by atoms with E-state index in [9.17, 15) is 0 Å². The number of thiophene rings is 1. The molecule has 80 valence electrons. The van der Waals surface area contributed by atoms with Gasteiger partial charge in [-0.1, -0.05) is 12.1 Å². The molecule has 4 heteroatoms. The molecule has 0 bridgehead atoms. The summed E-state index contributed by atoms with van der Waals surface area (Å²) in [6.07, 6.45) is 3.68. The first-order chi connectivity index (χ1) is 6.95. The molecule has 0 unspecified atom stereocenters. The quantitative estimate of drug-likeness (QED) is 0.889. The van der Waals surface area contributed by atoms with E-state index in [0.717, 1.165) is 13.1 Å². The second-order valence-corrected chi connectivity index (χ2v) is 4.08. The van der Waals surface area contributed by atoms with Gasteiger partial charge in [-0.25, -0.2) is 0 Å². The van der Waals surface area contributed by atoms with E-state index in [1.807, 2.05) is 12.3 Å². The van der Waals surface area contributed by atoms with Crippen molar-refractivity contribution < 1.29 is 0 Å². The van der Waals surface area contributed by atoms with Crippen LogP contribution in [0.4, 0.5) is 0 Å². The van der Waals surface area contributed by atoms with Gasteiger partial charge in [0.25, 0.3) is 0 Å². The Morgan fingerprint density at radius 2 is 2.13 bits per heavy atom. The average Bonchev–Trinajstić information content (AvgIpc) is 2.72. The molecular formula is C11H13ClN2S. The van der Waals surface area contributed by atoms with E-state index < -0.39 is 0 Å². The maximum Gasteiger partial charge on any atom is 0.0312 e. The van der Waals surface area contributed by atoms with Crippen molar-refractivity contribution in [3.05, 3.63) is 52.5 Å². The van der Waals surface area contributed by atoms with Crippen molar-refractivity contribution in [3.63, 3.8) is 0 Å². The SMILES string of the molecule is Cl.c1cncc(CNCc2cccs2)c1. The van der Waals surface area contributed by atoms with Crippen LogP contribution in [0.3, 0.4) is 0 Å². The zero-order chi connectivity index (χ0) is 9.64. The lowest BCUT2D eigenvalue weighted by Gasteiger charge is -2.01. The van der Waals surface area contributed by atoms with Crippen LogP contribution in [0.1, 0.15) is 10.4 Å². The van der Waals surface area contributed by atoms with Crippen molar-refractivity contribution in [2.45, 2.75) is 13.1 Å². The van der Waals surface area contributed by atoms with Crippen molar-refractivity contribution in [1.82, 2.24) is 10.3 Å². The van der Waals surface area contributed by atoms with Crippen molar-refractivity contribution in [1.29, 1.82) is 0 Å². The zero-order valence-corrected chi connectivity index (χ0v) is 9.85. The summed E-state index contributed by atoms with van der Waals surface area (Å²) in [7, 11) is 0. The smallest absolute Gasteiger partial charge is 0.0312 e. The van der Waals surface area contributed by atoms with Gasteiger partial charge in [0.05, 0.1) is 0 Å². The van der Waals surface area contributed by atoms with Gasteiger partial charge >= 0.3 is 0 Å². The lowest BCUT2D eigenvalue weighted by atomic mass is 10.3. The molecule has 2 aromatic rings. The molecule has 2 rings (SSSR count). The highest BCUT2D eigenvalue weighted by atomic mass is 35.5. The predicted molar refractivity (Wildman–Crippen MR) is 66.3 cm³/mol. The molecule has 0 aliphatic heterocycles. The van der Waals surface area contributed by atoms with E-state index >= 15 is 0 Å². The van der Waals surface area contributed by atoms with Gasteiger partial charge < -0.3 is 5.32 Å². The monoisotopic (exact) mass is 240 g/mol. The zero-order valence-electron chi connectivity index (χ0n) is 8.22. The molecule has 0 aliphatic rings. The topological polar surface area (TPSA) is 24.9 Å². The van der Waals surface area contributed by atoms with E-state index in [4.69, 9.17) is 0 Å². The summed E-state index contributed by atoms with van der Waals surface area (Å²) in [6, 6.07) is 8.25. The van der Waals surface area contributed by atoms with Gasteiger partial charge in [0.1, 0.15) is 0 Å². The third-order valence-electron chi connectivity index (χ3n) is 1.93. The van der Waals surface area contributed by atoms with Crippen LogP contribution >= 0.6 is 23.7 Å². The van der Waals surface area contributed by atoms with E-state index in [2.05, 4.69) is 33.9 Å². The number of hydrogen-bond donors (Lipinski definition) is 1. The molecule has 0 aromatic carbocycles. The number of halogens is 1. The Morgan fingerprint density at radius 3 is 2.80 bits per heavy atom. The fourth-order valence-corrected chi connectivity index (χ4v) is 1.92. The van der Waals surface area contributed by atoms with Crippen LogP contribution in [0.15, 0.2) is 42.0 Å². The fraction of sp³-hybridized carbons (Fsp3) is 0.182. The number of hydrogen-bond acceptors (Lipinski definition) is 3. The predicted octanol–water partition coefficient (Wildman–Crippen LogP) is 2.85. The van der Waals surface area contributed by atoms with Crippen LogP contribution in [0.5, 0.6) is 0 Å². The first-order valence-electron chi connectivity index (χ1n) is 4.57. The summed E-state index contributed by atoms with van der Waals surface area (Å²) in [5.41, 5.74) is 1.23. The lowest BCUT2D eigenvalue weighted by Crippen LogP contribution is -2.11. The molecule has 0 radical (unpaired) electrons. The number of nitrogens with one attached hydrogen (secondary N) is 1. The third kappa shape index (κ3) is 4.00. The van der Waals surface area contributed by atoms with E-state index in [0.29, 0.717) is 0 Å². The molecule has 2 aromatic heterocycles. The largest absolute Gasteiger partial charge is 0.308 e. The second-order valence-electron chi connectivity index (χ2n) is 3.04. The minimum absolute atomic E-state index is 0. The molecule has 0 saturated heterocycles. The van der Waals surface area contributed by atoms with Crippen LogP contribution < -0.4 is 5.32 Å². The van der Waals surface area contributed by atoms with Crippen molar-refractivity contribution >= 4 is 23.7 Å². The average molecular weight is 241 g/mol. The summed E-state index contributed by atoms with van der Waals surface area (Å²) >= 11 is 1.78.